The second-order valence-electron chi connectivity index (χ2n) is 5.17. The standard InChI is InChI=1S/C16H29N5O2.HI/c1-17-16(19-9-11-21(2)10-6-12-22-3)20-13-14-7-5-8-18-15(14)23-4;/h5,7-8H,6,9-13H2,1-4H3,(H2,17,19,20);1H. The zero-order valence-corrected chi connectivity index (χ0v) is 17.4. The first-order chi connectivity index (χ1) is 11.2. The highest BCUT2D eigenvalue weighted by atomic mass is 127. The van der Waals surface area contributed by atoms with Crippen molar-refractivity contribution in [2.45, 2.75) is 13.0 Å². The molecule has 2 N–H and O–H groups in total. The van der Waals surface area contributed by atoms with Gasteiger partial charge in [0.25, 0.3) is 0 Å². The molecule has 0 amide bonds. The molecule has 0 saturated heterocycles. The van der Waals surface area contributed by atoms with Crippen molar-refractivity contribution in [2.75, 3.05) is 54.6 Å². The van der Waals surface area contributed by atoms with E-state index in [0.717, 1.165) is 44.2 Å². The van der Waals surface area contributed by atoms with Crippen molar-refractivity contribution in [2.24, 2.45) is 4.99 Å². The van der Waals surface area contributed by atoms with Gasteiger partial charge in [-0.1, -0.05) is 6.07 Å². The monoisotopic (exact) mass is 451 g/mol. The molecule has 7 nitrogen and oxygen atoms in total. The number of ether oxygens (including phenoxy) is 2. The Bertz CT molecular complexity index is 474. The Labute approximate surface area is 162 Å². The maximum Gasteiger partial charge on any atom is 0.218 e. The molecule has 0 fully saturated rings. The van der Waals surface area contributed by atoms with Gasteiger partial charge < -0.3 is 25.0 Å². The maximum atomic E-state index is 5.24. The molecular formula is C16H30IN5O2. The van der Waals surface area contributed by atoms with E-state index in [1.54, 1.807) is 27.5 Å². The number of aliphatic imine (C=N–C) groups is 1. The predicted molar refractivity (Wildman–Crippen MR) is 108 cm³/mol. The van der Waals surface area contributed by atoms with Gasteiger partial charge in [0.2, 0.25) is 5.88 Å². The Kier molecular flexibility index (Phi) is 13.6. The third-order valence-corrected chi connectivity index (χ3v) is 3.39. The fourth-order valence-corrected chi connectivity index (χ4v) is 2.10. The van der Waals surface area contributed by atoms with Crippen molar-refractivity contribution >= 4 is 29.9 Å². The van der Waals surface area contributed by atoms with E-state index in [2.05, 4.69) is 32.6 Å². The molecule has 1 aromatic rings. The summed E-state index contributed by atoms with van der Waals surface area (Å²) >= 11 is 0. The van der Waals surface area contributed by atoms with Crippen LogP contribution in [0.3, 0.4) is 0 Å². The number of guanidine groups is 1. The van der Waals surface area contributed by atoms with Crippen LogP contribution in [0.2, 0.25) is 0 Å². The number of nitrogens with zero attached hydrogens (tertiary/aromatic N) is 3. The highest BCUT2D eigenvalue weighted by Crippen LogP contribution is 2.12. The van der Waals surface area contributed by atoms with Gasteiger partial charge in [0.05, 0.1) is 7.11 Å². The Morgan fingerprint density at radius 1 is 1.29 bits per heavy atom. The lowest BCUT2D eigenvalue weighted by molar-refractivity contribution is 0.180. The molecule has 0 aliphatic carbocycles. The third kappa shape index (κ3) is 9.24. The van der Waals surface area contributed by atoms with Gasteiger partial charge in [-0.15, -0.1) is 24.0 Å². The van der Waals surface area contributed by atoms with Crippen LogP contribution in [0, 0.1) is 0 Å². The quantitative estimate of drug-likeness (QED) is 0.242. The largest absolute Gasteiger partial charge is 0.481 e. The van der Waals surface area contributed by atoms with Crippen molar-refractivity contribution < 1.29 is 9.47 Å². The lowest BCUT2D eigenvalue weighted by Crippen LogP contribution is -2.40. The highest BCUT2D eigenvalue weighted by molar-refractivity contribution is 14.0. The van der Waals surface area contributed by atoms with Crippen LogP contribution in [0.5, 0.6) is 5.88 Å². The molecule has 0 spiro atoms. The van der Waals surface area contributed by atoms with E-state index >= 15 is 0 Å². The van der Waals surface area contributed by atoms with Crippen LogP contribution in [0.1, 0.15) is 12.0 Å². The Balaban J connectivity index is 0.00000529. The van der Waals surface area contributed by atoms with E-state index < -0.39 is 0 Å². The summed E-state index contributed by atoms with van der Waals surface area (Å²) in [7, 11) is 7.22. The molecule has 8 heteroatoms. The summed E-state index contributed by atoms with van der Waals surface area (Å²) in [6, 6.07) is 3.88. The van der Waals surface area contributed by atoms with Gasteiger partial charge in [0.1, 0.15) is 0 Å². The average Bonchev–Trinajstić information content (AvgIpc) is 2.58. The van der Waals surface area contributed by atoms with Gasteiger partial charge in [-0.2, -0.15) is 0 Å². The van der Waals surface area contributed by atoms with E-state index in [1.165, 1.54) is 0 Å². The minimum atomic E-state index is 0. The fourth-order valence-electron chi connectivity index (χ4n) is 2.10. The lowest BCUT2D eigenvalue weighted by Gasteiger charge is -2.18. The van der Waals surface area contributed by atoms with E-state index in [1.807, 2.05) is 12.1 Å². The minimum Gasteiger partial charge on any atom is -0.481 e. The van der Waals surface area contributed by atoms with Crippen LogP contribution < -0.4 is 15.4 Å². The SMILES string of the molecule is CN=C(NCCN(C)CCCOC)NCc1cccnc1OC.I. The molecule has 0 aromatic carbocycles. The Morgan fingerprint density at radius 3 is 2.75 bits per heavy atom. The molecule has 0 aliphatic rings. The third-order valence-electron chi connectivity index (χ3n) is 3.39. The zero-order valence-electron chi connectivity index (χ0n) is 15.0. The summed E-state index contributed by atoms with van der Waals surface area (Å²) in [5.74, 6) is 1.40. The summed E-state index contributed by atoms with van der Waals surface area (Å²) in [4.78, 5) is 10.7. The summed E-state index contributed by atoms with van der Waals surface area (Å²) in [5.41, 5.74) is 0.995. The predicted octanol–water partition coefficient (Wildman–Crippen LogP) is 1.34. The van der Waals surface area contributed by atoms with E-state index in [0.29, 0.717) is 12.4 Å². The summed E-state index contributed by atoms with van der Waals surface area (Å²) < 4.78 is 10.3. The number of hydrogen-bond acceptors (Lipinski definition) is 5. The molecule has 1 aromatic heterocycles. The molecule has 1 rings (SSSR count). The topological polar surface area (TPSA) is 71.0 Å². The number of aromatic nitrogens is 1. The Morgan fingerprint density at radius 2 is 2.08 bits per heavy atom. The first-order valence-corrected chi connectivity index (χ1v) is 7.81. The van der Waals surface area contributed by atoms with E-state index in [9.17, 15) is 0 Å². The second kappa shape index (κ2) is 14.2. The number of hydrogen-bond donors (Lipinski definition) is 2. The van der Waals surface area contributed by atoms with Crippen LogP contribution in [-0.2, 0) is 11.3 Å². The van der Waals surface area contributed by atoms with Gasteiger partial charge in [-0.05, 0) is 19.5 Å². The number of rotatable bonds is 10. The molecule has 1 heterocycles. The second-order valence-corrected chi connectivity index (χ2v) is 5.17. The van der Waals surface area contributed by atoms with Crippen molar-refractivity contribution in [1.29, 1.82) is 0 Å². The molecule has 0 unspecified atom stereocenters. The van der Waals surface area contributed by atoms with E-state index in [-0.39, 0.29) is 24.0 Å². The number of nitrogens with one attached hydrogen (secondary N) is 2. The number of methoxy groups -OCH3 is 2. The molecule has 0 atom stereocenters. The molecule has 24 heavy (non-hydrogen) atoms. The first-order valence-electron chi connectivity index (χ1n) is 7.81. The normalized spacial score (nSPS) is 11.1. The number of pyridine rings is 1. The van der Waals surface area contributed by atoms with Crippen LogP contribution in [0.15, 0.2) is 23.3 Å². The minimum absolute atomic E-state index is 0. The van der Waals surface area contributed by atoms with E-state index in [4.69, 9.17) is 9.47 Å². The fraction of sp³-hybridized carbons (Fsp3) is 0.625. The van der Waals surface area contributed by atoms with Crippen molar-refractivity contribution in [1.82, 2.24) is 20.5 Å². The summed E-state index contributed by atoms with van der Waals surface area (Å²) in [5, 5.41) is 6.57. The van der Waals surface area contributed by atoms with Crippen LogP contribution in [0.25, 0.3) is 0 Å². The molecule has 138 valence electrons. The molecule has 0 aliphatic heterocycles. The van der Waals surface area contributed by atoms with Gasteiger partial charge >= 0.3 is 0 Å². The molecule has 0 bridgehead atoms. The zero-order chi connectivity index (χ0) is 16.9. The van der Waals surface area contributed by atoms with Crippen LogP contribution in [0.4, 0.5) is 0 Å². The van der Waals surface area contributed by atoms with Crippen molar-refractivity contribution in [3.8, 4) is 5.88 Å². The van der Waals surface area contributed by atoms with Gasteiger partial charge in [0.15, 0.2) is 5.96 Å². The van der Waals surface area contributed by atoms with Crippen molar-refractivity contribution in [3.63, 3.8) is 0 Å². The Hall–Kier alpha value is -1.13. The van der Waals surface area contributed by atoms with Crippen LogP contribution >= 0.6 is 24.0 Å². The van der Waals surface area contributed by atoms with Gasteiger partial charge in [0, 0.05) is 58.7 Å². The highest BCUT2D eigenvalue weighted by Gasteiger charge is 2.05. The maximum absolute atomic E-state index is 5.24. The van der Waals surface area contributed by atoms with Crippen LogP contribution in [-0.4, -0.2) is 70.4 Å². The summed E-state index contributed by atoms with van der Waals surface area (Å²) in [6.07, 6.45) is 2.76. The summed E-state index contributed by atoms with van der Waals surface area (Å²) in [6.45, 7) is 4.21. The van der Waals surface area contributed by atoms with Gasteiger partial charge in [-0.3, -0.25) is 4.99 Å². The molecule has 0 radical (unpaired) electrons. The smallest absolute Gasteiger partial charge is 0.218 e. The molecular weight excluding hydrogens is 421 g/mol. The van der Waals surface area contributed by atoms with Crippen molar-refractivity contribution in [3.05, 3.63) is 23.9 Å². The first kappa shape index (κ1) is 22.9. The lowest BCUT2D eigenvalue weighted by atomic mass is 10.2. The number of likely N-dealkylation sites (N-methyl/N-ethyl adjacent to an activating group) is 1. The number of halogens is 1. The van der Waals surface area contributed by atoms with Gasteiger partial charge in [-0.25, -0.2) is 4.98 Å². The average molecular weight is 451 g/mol. The molecule has 0 saturated carbocycles.